The number of rotatable bonds is 2. The molecule has 0 aliphatic heterocycles. The molecule has 4 heteroatoms. The number of hydrazine groups is 1. The van der Waals surface area contributed by atoms with Gasteiger partial charge in [-0.15, -0.1) is 0 Å². The van der Waals surface area contributed by atoms with Crippen LogP contribution in [0.3, 0.4) is 0 Å². The van der Waals surface area contributed by atoms with Gasteiger partial charge < -0.3 is 0 Å². The van der Waals surface area contributed by atoms with Gasteiger partial charge in [0.1, 0.15) is 0 Å². The summed E-state index contributed by atoms with van der Waals surface area (Å²) in [5.74, 6) is 5.64. The van der Waals surface area contributed by atoms with Crippen molar-refractivity contribution in [1.29, 1.82) is 0 Å². The van der Waals surface area contributed by atoms with Crippen LogP contribution in [0.4, 0.5) is 0 Å². The van der Waals surface area contributed by atoms with Gasteiger partial charge in [0.25, 0.3) is 0 Å². The van der Waals surface area contributed by atoms with Crippen molar-refractivity contribution in [2.45, 2.75) is 26.8 Å². The third-order valence-corrected chi connectivity index (χ3v) is 3.78. The second kappa shape index (κ2) is 5.12. The Kier molecular flexibility index (Phi) is 4.58. The summed E-state index contributed by atoms with van der Waals surface area (Å²) >= 11 is 5.83. The summed E-state index contributed by atoms with van der Waals surface area (Å²) in [5, 5.41) is 0. The van der Waals surface area contributed by atoms with Gasteiger partial charge in [-0.05, 0) is 51.8 Å². The number of nitrogens with two attached hydrogens (primary N) is 1. The minimum Gasteiger partial charge on any atom is -0.271 e. The maximum absolute atomic E-state index is 5.64. The summed E-state index contributed by atoms with van der Waals surface area (Å²) in [6.45, 7) is 6.53. The van der Waals surface area contributed by atoms with Gasteiger partial charge >= 0.3 is 0 Å². The summed E-state index contributed by atoms with van der Waals surface area (Å²) in [6.07, 6.45) is 0. The van der Waals surface area contributed by atoms with E-state index in [4.69, 9.17) is 5.84 Å². The predicted molar refractivity (Wildman–Crippen MR) is 76.4 cm³/mol. The first kappa shape index (κ1) is 13.4. The molecule has 0 bridgehead atoms. The highest BCUT2D eigenvalue weighted by Crippen LogP contribution is 2.35. The van der Waals surface area contributed by atoms with Gasteiger partial charge in [-0.3, -0.25) is 11.3 Å². The molecule has 0 amide bonds. The van der Waals surface area contributed by atoms with Gasteiger partial charge in [0.05, 0.1) is 6.04 Å². The predicted octanol–water partition coefficient (Wildman–Crippen LogP) is 3.60. The highest BCUT2D eigenvalue weighted by Gasteiger charge is 2.26. The van der Waals surface area contributed by atoms with E-state index in [0.29, 0.717) is 0 Å². The van der Waals surface area contributed by atoms with Crippen LogP contribution in [0.5, 0.6) is 0 Å². The topological polar surface area (TPSA) is 38.0 Å². The Hall–Kier alpha value is 0.350. The molecule has 1 rings (SSSR count). The van der Waals surface area contributed by atoms with Crippen molar-refractivity contribution in [3.8, 4) is 0 Å². The van der Waals surface area contributed by atoms with Gasteiger partial charge in [-0.25, -0.2) is 0 Å². The molecular weight excluding hydrogens is 367 g/mol. The fraction of sp³-hybridized carbons (Fsp3) is 0.455. The Labute approximate surface area is 113 Å². The number of hydrogen-bond donors (Lipinski definition) is 2. The van der Waals surface area contributed by atoms with Crippen molar-refractivity contribution in [2.24, 2.45) is 11.3 Å². The average Bonchev–Trinajstić information content (AvgIpc) is 2.10. The Morgan fingerprint density at radius 3 is 2.47 bits per heavy atom. The molecule has 0 heterocycles. The molecule has 1 unspecified atom stereocenters. The summed E-state index contributed by atoms with van der Waals surface area (Å²) in [4.78, 5) is 0. The fourth-order valence-corrected chi connectivity index (χ4v) is 2.57. The van der Waals surface area contributed by atoms with E-state index in [0.717, 1.165) is 4.47 Å². The van der Waals surface area contributed by atoms with Crippen LogP contribution in [0, 0.1) is 8.99 Å². The highest BCUT2D eigenvalue weighted by molar-refractivity contribution is 14.1. The molecule has 3 N–H and O–H groups in total. The van der Waals surface area contributed by atoms with E-state index in [1.165, 1.54) is 9.13 Å². The lowest BCUT2D eigenvalue weighted by Gasteiger charge is -2.31. The maximum atomic E-state index is 5.64. The van der Waals surface area contributed by atoms with E-state index in [1.807, 2.05) is 6.07 Å². The molecule has 0 saturated heterocycles. The molecule has 0 fully saturated rings. The molecule has 0 spiro atoms. The van der Waals surface area contributed by atoms with E-state index >= 15 is 0 Å². The summed E-state index contributed by atoms with van der Waals surface area (Å²) < 4.78 is 2.32. The van der Waals surface area contributed by atoms with Crippen molar-refractivity contribution in [1.82, 2.24) is 5.43 Å². The zero-order chi connectivity index (χ0) is 11.6. The minimum absolute atomic E-state index is 0.0927. The van der Waals surface area contributed by atoms with E-state index in [2.05, 4.69) is 76.9 Å². The quantitative estimate of drug-likeness (QED) is 0.466. The summed E-state index contributed by atoms with van der Waals surface area (Å²) in [7, 11) is 0. The standard InChI is InChI=1S/C11H16BrIN2/c1-11(2,3)10(15-14)8-6-7(12)4-5-9(8)13/h4-6,10,15H,14H2,1-3H3. The first-order chi connectivity index (χ1) is 6.86. The lowest BCUT2D eigenvalue weighted by Crippen LogP contribution is -2.37. The molecule has 84 valence electrons. The van der Waals surface area contributed by atoms with Gasteiger partial charge in [0.2, 0.25) is 0 Å². The van der Waals surface area contributed by atoms with Gasteiger partial charge in [0.15, 0.2) is 0 Å². The van der Waals surface area contributed by atoms with Crippen LogP contribution in [-0.4, -0.2) is 0 Å². The van der Waals surface area contributed by atoms with Crippen LogP contribution in [0.1, 0.15) is 32.4 Å². The number of nitrogens with one attached hydrogen (secondary N) is 1. The molecule has 0 aromatic heterocycles. The second-order valence-electron chi connectivity index (χ2n) is 4.63. The highest BCUT2D eigenvalue weighted by atomic mass is 127. The van der Waals surface area contributed by atoms with E-state index in [-0.39, 0.29) is 11.5 Å². The molecule has 0 aliphatic rings. The Balaban J connectivity index is 3.18. The lowest BCUT2D eigenvalue weighted by molar-refractivity contribution is 0.274. The first-order valence-electron chi connectivity index (χ1n) is 4.77. The number of hydrogen-bond acceptors (Lipinski definition) is 2. The van der Waals surface area contributed by atoms with Crippen molar-refractivity contribution in [2.75, 3.05) is 0 Å². The van der Waals surface area contributed by atoms with Crippen molar-refractivity contribution < 1.29 is 0 Å². The molecule has 1 atom stereocenters. The fourth-order valence-electron chi connectivity index (χ4n) is 1.54. The van der Waals surface area contributed by atoms with Crippen LogP contribution in [0.15, 0.2) is 22.7 Å². The molecule has 0 aliphatic carbocycles. The van der Waals surface area contributed by atoms with E-state index in [9.17, 15) is 0 Å². The molecule has 1 aromatic rings. The zero-order valence-electron chi connectivity index (χ0n) is 9.14. The molecular formula is C11H16BrIN2. The number of halogens is 2. The summed E-state index contributed by atoms with van der Waals surface area (Å²) in [6, 6.07) is 6.41. The van der Waals surface area contributed by atoms with Crippen molar-refractivity contribution in [3.05, 3.63) is 31.8 Å². The van der Waals surface area contributed by atoms with Crippen LogP contribution >= 0.6 is 38.5 Å². The van der Waals surface area contributed by atoms with Gasteiger partial charge in [0, 0.05) is 8.04 Å². The minimum atomic E-state index is 0.0927. The summed E-state index contributed by atoms with van der Waals surface area (Å²) in [5.41, 5.74) is 4.23. The monoisotopic (exact) mass is 382 g/mol. The zero-order valence-corrected chi connectivity index (χ0v) is 12.9. The van der Waals surface area contributed by atoms with Crippen LogP contribution in [-0.2, 0) is 0 Å². The molecule has 1 aromatic carbocycles. The smallest absolute Gasteiger partial charge is 0.0519 e. The van der Waals surface area contributed by atoms with Crippen LogP contribution in [0.2, 0.25) is 0 Å². The third kappa shape index (κ3) is 3.41. The Morgan fingerprint density at radius 2 is 2.00 bits per heavy atom. The molecule has 2 nitrogen and oxygen atoms in total. The van der Waals surface area contributed by atoms with E-state index < -0.39 is 0 Å². The van der Waals surface area contributed by atoms with Crippen LogP contribution in [0.25, 0.3) is 0 Å². The van der Waals surface area contributed by atoms with Crippen molar-refractivity contribution >= 4 is 38.5 Å². The Morgan fingerprint density at radius 1 is 1.40 bits per heavy atom. The van der Waals surface area contributed by atoms with Gasteiger partial charge in [-0.1, -0.05) is 36.7 Å². The molecule has 15 heavy (non-hydrogen) atoms. The van der Waals surface area contributed by atoms with E-state index in [1.54, 1.807) is 0 Å². The third-order valence-electron chi connectivity index (χ3n) is 2.30. The van der Waals surface area contributed by atoms with Crippen molar-refractivity contribution in [3.63, 3.8) is 0 Å². The average molecular weight is 383 g/mol. The first-order valence-corrected chi connectivity index (χ1v) is 6.64. The Bertz CT molecular complexity index is 347. The lowest BCUT2D eigenvalue weighted by atomic mass is 9.83. The normalized spacial score (nSPS) is 14.0. The molecule has 0 radical (unpaired) electrons. The second-order valence-corrected chi connectivity index (χ2v) is 6.71. The maximum Gasteiger partial charge on any atom is 0.0519 e. The van der Waals surface area contributed by atoms with Gasteiger partial charge in [-0.2, -0.15) is 0 Å². The SMILES string of the molecule is CC(C)(C)C(NN)c1cc(Br)ccc1I. The van der Waals surface area contributed by atoms with Crippen LogP contribution < -0.4 is 11.3 Å². The molecule has 0 saturated carbocycles. The number of benzene rings is 1. The largest absolute Gasteiger partial charge is 0.271 e.